The van der Waals surface area contributed by atoms with Crippen molar-refractivity contribution in [3.05, 3.63) is 29.3 Å². The summed E-state index contributed by atoms with van der Waals surface area (Å²) in [7, 11) is 2.01. The van der Waals surface area contributed by atoms with Crippen molar-refractivity contribution in [1.82, 2.24) is 5.32 Å². The molecular formula is C12H18N2. The van der Waals surface area contributed by atoms with E-state index in [1.165, 1.54) is 30.4 Å². The van der Waals surface area contributed by atoms with E-state index in [1.54, 1.807) is 0 Å². The first-order valence-corrected chi connectivity index (χ1v) is 5.34. The van der Waals surface area contributed by atoms with E-state index in [4.69, 9.17) is 5.73 Å². The minimum Gasteiger partial charge on any atom is -0.399 e. The van der Waals surface area contributed by atoms with E-state index in [-0.39, 0.29) is 0 Å². The molecule has 0 heterocycles. The Morgan fingerprint density at radius 1 is 1.50 bits per heavy atom. The van der Waals surface area contributed by atoms with Crippen LogP contribution in [0, 0.1) is 0 Å². The second-order valence-corrected chi connectivity index (χ2v) is 4.11. The Labute approximate surface area is 85.5 Å². The molecule has 2 rings (SSSR count). The van der Waals surface area contributed by atoms with Crippen LogP contribution in [0.25, 0.3) is 0 Å². The topological polar surface area (TPSA) is 38.0 Å². The highest BCUT2D eigenvalue weighted by Gasteiger charge is 2.19. The number of rotatable bonds is 2. The van der Waals surface area contributed by atoms with Gasteiger partial charge in [-0.2, -0.15) is 0 Å². The lowest BCUT2D eigenvalue weighted by Crippen LogP contribution is -2.21. The molecule has 1 atom stereocenters. The van der Waals surface area contributed by atoms with Gasteiger partial charge in [-0.3, -0.25) is 0 Å². The maximum Gasteiger partial charge on any atom is 0.0317 e. The van der Waals surface area contributed by atoms with Crippen molar-refractivity contribution in [2.24, 2.45) is 0 Å². The van der Waals surface area contributed by atoms with Crippen molar-refractivity contribution in [3.63, 3.8) is 0 Å². The van der Waals surface area contributed by atoms with Crippen molar-refractivity contribution < 1.29 is 0 Å². The molecule has 0 aromatic heterocycles. The molecule has 0 amide bonds. The summed E-state index contributed by atoms with van der Waals surface area (Å²) < 4.78 is 0. The molecule has 1 aromatic rings. The van der Waals surface area contributed by atoms with Crippen LogP contribution in [0.15, 0.2) is 18.2 Å². The number of benzene rings is 1. The van der Waals surface area contributed by atoms with Crippen molar-refractivity contribution in [2.45, 2.75) is 25.2 Å². The van der Waals surface area contributed by atoms with E-state index in [9.17, 15) is 0 Å². The van der Waals surface area contributed by atoms with Crippen LogP contribution in [-0.4, -0.2) is 13.6 Å². The number of anilines is 1. The maximum absolute atomic E-state index is 5.82. The van der Waals surface area contributed by atoms with Gasteiger partial charge >= 0.3 is 0 Å². The quantitative estimate of drug-likeness (QED) is 0.699. The number of nitrogens with one attached hydrogen (secondary N) is 1. The summed E-state index contributed by atoms with van der Waals surface area (Å²) in [6.07, 6.45) is 3.82. The third-order valence-electron chi connectivity index (χ3n) is 3.06. The third kappa shape index (κ3) is 1.75. The predicted molar refractivity (Wildman–Crippen MR) is 60.5 cm³/mol. The first-order chi connectivity index (χ1) is 6.81. The Morgan fingerprint density at radius 3 is 3.14 bits per heavy atom. The highest BCUT2D eigenvalue weighted by Crippen LogP contribution is 2.32. The van der Waals surface area contributed by atoms with Crippen molar-refractivity contribution in [2.75, 3.05) is 19.3 Å². The van der Waals surface area contributed by atoms with Gasteiger partial charge in [0, 0.05) is 12.2 Å². The molecular weight excluding hydrogens is 172 g/mol. The molecule has 2 heteroatoms. The Bertz CT molecular complexity index is 320. The molecule has 0 radical (unpaired) electrons. The van der Waals surface area contributed by atoms with Gasteiger partial charge in [0.05, 0.1) is 0 Å². The molecule has 76 valence electrons. The predicted octanol–water partition coefficient (Wildman–Crippen LogP) is 1.91. The summed E-state index contributed by atoms with van der Waals surface area (Å²) in [6.45, 7) is 1.07. The van der Waals surface area contributed by atoms with Crippen LogP contribution >= 0.6 is 0 Å². The van der Waals surface area contributed by atoms with Gasteiger partial charge < -0.3 is 11.1 Å². The zero-order valence-corrected chi connectivity index (χ0v) is 8.72. The minimum absolute atomic E-state index is 0.659. The Balaban J connectivity index is 2.32. The first-order valence-electron chi connectivity index (χ1n) is 5.34. The summed E-state index contributed by atoms with van der Waals surface area (Å²) in [4.78, 5) is 0. The summed E-state index contributed by atoms with van der Waals surface area (Å²) in [5, 5.41) is 3.26. The molecule has 0 aliphatic heterocycles. The molecule has 0 spiro atoms. The van der Waals surface area contributed by atoms with Gasteiger partial charge in [-0.15, -0.1) is 0 Å². The van der Waals surface area contributed by atoms with Gasteiger partial charge in [0.25, 0.3) is 0 Å². The lowest BCUT2D eigenvalue weighted by Gasteiger charge is -2.25. The largest absolute Gasteiger partial charge is 0.399 e. The van der Waals surface area contributed by atoms with Crippen molar-refractivity contribution >= 4 is 5.69 Å². The molecule has 1 unspecified atom stereocenters. The van der Waals surface area contributed by atoms with Crippen LogP contribution in [0.1, 0.15) is 29.9 Å². The van der Waals surface area contributed by atoms with Gasteiger partial charge in [0.15, 0.2) is 0 Å². The van der Waals surface area contributed by atoms with Gasteiger partial charge in [0.2, 0.25) is 0 Å². The average Bonchev–Trinajstić information content (AvgIpc) is 2.19. The van der Waals surface area contributed by atoms with E-state index in [0.717, 1.165) is 12.2 Å². The highest BCUT2D eigenvalue weighted by molar-refractivity contribution is 5.47. The van der Waals surface area contributed by atoms with Crippen LogP contribution in [0.4, 0.5) is 5.69 Å². The lowest BCUT2D eigenvalue weighted by molar-refractivity contribution is 0.529. The maximum atomic E-state index is 5.82. The Hall–Kier alpha value is -1.02. The fourth-order valence-electron chi connectivity index (χ4n) is 2.37. The normalized spacial score (nSPS) is 20.5. The number of fused-ring (bicyclic) bond motifs is 1. The van der Waals surface area contributed by atoms with Gasteiger partial charge in [0.1, 0.15) is 0 Å². The van der Waals surface area contributed by atoms with E-state index in [2.05, 4.69) is 17.4 Å². The average molecular weight is 190 g/mol. The number of hydrogen-bond acceptors (Lipinski definition) is 2. The van der Waals surface area contributed by atoms with E-state index in [1.807, 2.05) is 13.1 Å². The van der Waals surface area contributed by atoms with E-state index < -0.39 is 0 Å². The molecule has 1 aromatic carbocycles. The van der Waals surface area contributed by atoms with Crippen LogP contribution in [0.3, 0.4) is 0 Å². The molecule has 1 aliphatic rings. The van der Waals surface area contributed by atoms with Crippen LogP contribution in [0.5, 0.6) is 0 Å². The monoisotopic (exact) mass is 190 g/mol. The number of nitrogens with two attached hydrogens (primary N) is 1. The standard InChI is InChI=1S/C12H18N2/c1-14-8-10-4-2-3-9-5-6-11(13)7-12(9)10/h5-7,10,14H,2-4,8,13H2,1H3. The molecule has 2 nitrogen and oxygen atoms in total. The zero-order chi connectivity index (χ0) is 9.97. The SMILES string of the molecule is CNCC1CCCc2ccc(N)cc21. The molecule has 0 bridgehead atoms. The number of hydrogen-bond donors (Lipinski definition) is 2. The molecule has 1 aliphatic carbocycles. The van der Waals surface area contributed by atoms with Gasteiger partial charge in [-0.25, -0.2) is 0 Å². The first kappa shape index (κ1) is 9.53. The second-order valence-electron chi connectivity index (χ2n) is 4.11. The van der Waals surface area contributed by atoms with Crippen LogP contribution in [0.2, 0.25) is 0 Å². The number of aryl methyl sites for hydroxylation is 1. The molecule has 3 N–H and O–H groups in total. The smallest absolute Gasteiger partial charge is 0.0317 e. The highest BCUT2D eigenvalue weighted by atomic mass is 14.8. The Morgan fingerprint density at radius 2 is 2.36 bits per heavy atom. The van der Waals surface area contributed by atoms with Crippen molar-refractivity contribution in [3.8, 4) is 0 Å². The molecule has 0 saturated heterocycles. The fraction of sp³-hybridized carbons (Fsp3) is 0.500. The number of nitrogen functional groups attached to an aromatic ring is 1. The fourth-order valence-corrected chi connectivity index (χ4v) is 2.37. The second kappa shape index (κ2) is 4.01. The summed E-state index contributed by atoms with van der Waals surface area (Å²) in [5.41, 5.74) is 9.67. The number of likely N-dealkylation sites (N-methyl/N-ethyl adjacent to an activating group) is 1. The minimum atomic E-state index is 0.659. The lowest BCUT2D eigenvalue weighted by atomic mass is 9.82. The van der Waals surface area contributed by atoms with Crippen molar-refractivity contribution in [1.29, 1.82) is 0 Å². The van der Waals surface area contributed by atoms with E-state index in [0.29, 0.717) is 5.92 Å². The molecule has 0 fully saturated rings. The Kier molecular flexibility index (Phi) is 2.73. The summed E-state index contributed by atoms with van der Waals surface area (Å²) in [5.74, 6) is 0.659. The zero-order valence-electron chi connectivity index (χ0n) is 8.72. The van der Waals surface area contributed by atoms with Gasteiger partial charge in [-0.05, 0) is 55.5 Å². The molecule has 14 heavy (non-hydrogen) atoms. The summed E-state index contributed by atoms with van der Waals surface area (Å²) >= 11 is 0. The third-order valence-corrected chi connectivity index (χ3v) is 3.06. The van der Waals surface area contributed by atoms with Crippen LogP contribution < -0.4 is 11.1 Å². The van der Waals surface area contributed by atoms with Crippen LogP contribution in [-0.2, 0) is 6.42 Å². The van der Waals surface area contributed by atoms with Gasteiger partial charge in [-0.1, -0.05) is 6.07 Å². The summed E-state index contributed by atoms with van der Waals surface area (Å²) in [6, 6.07) is 6.35. The molecule has 0 saturated carbocycles. The van der Waals surface area contributed by atoms with E-state index >= 15 is 0 Å².